The van der Waals surface area contributed by atoms with E-state index < -0.39 is 5.60 Å². The summed E-state index contributed by atoms with van der Waals surface area (Å²) in [6, 6.07) is 5.99. The molecule has 0 aliphatic carbocycles. The summed E-state index contributed by atoms with van der Waals surface area (Å²) in [5.41, 5.74) is -0.0994. The number of carbonyl (C=O) groups excluding carboxylic acids is 2. The topological polar surface area (TPSA) is 81.7 Å². The molecule has 0 aromatic heterocycles. The van der Waals surface area contributed by atoms with Gasteiger partial charge in [0.1, 0.15) is 5.82 Å². The van der Waals surface area contributed by atoms with Crippen LogP contribution in [0.3, 0.4) is 0 Å². The third kappa shape index (κ3) is 6.43. The first-order valence-corrected chi connectivity index (χ1v) is 8.57. The van der Waals surface area contributed by atoms with Gasteiger partial charge in [-0.25, -0.2) is 4.39 Å². The molecule has 0 bridgehead atoms. The Morgan fingerprint density at radius 3 is 2.68 bits per heavy atom. The van der Waals surface area contributed by atoms with Crippen LogP contribution in [0.15, 0.2) is 24.3 Å². The monoisotopic (exact) mass is 351 g/mol. The van der Waals surface area contributed by atoms with Gasteiger partial charge in [0.05, 0.1) is 12.1 Å². The van der Waals surface area contributed by atoms with Gasteiger partial charge in [-0.05, 0) is 43.5 Å². The second kappa shape index (κ2) is 8.92. The number of nitrogens with zero attached hydrogens (tertiary/aromatic N) is 1. The summed E-state index contributed by atoms with van der Waals surface area (Å²) < 4.78 is 12.9. The van der Waals surface area contributed by atoms with Crippen molar-refractivity contribution in [2.45, 2.75) is 37.8 Å². The zero-order valence-electron chi connectivity index (χ0n) is 14.6. The number of piperidine rings is 1. The van der Waals surface area contributed by atoms with Gasteiger partial charge in [-0.15, -0.1) is 0 Å². The van der Waals surface area contributed by atoms with Gasteiger partial charge in [-0.2, -0.15) is 0 Å². The minimum Gasteiger partial charge on any atom is -0.389 e. The zero-order valence-corrected chi connectivity index (χ0v) is 14.6. The lowest BCUT2D eigenvalue weighted by molar-refractivity contribution is -0.126. The largest absolute Gasteiger partial charge is 0.389 e. The van der Waals surface area contributed by atoms with E-state index >= 15 is 0 Å². The molecule has 0 spiro atoms. The Labute approximate surface area is 147 Å². The van der Waals surface area contributed by atoms with Crippen molar-refractivity contribution in [2.75, 3.05) is 26.7 Å². The van der Waals surface area contributed by atoms with Crippen molar-refractivity contribution in [3.8, 4) is 0 Å². The Hall–Kier alpha value is -1.99. The fraction of sp³-hybridized carbons (Fsp3) is 0.556. The molecule has 25 heavy (non-hydrogen) atoms. The SMILES string of the molecule is CNC(=O)CC[C@@]1(O)CCCN(CC(=O)NCc2ccc(F)cc2)C1. The van der Waals surface area contributed by atoms with Crippen molar-refractivity contribution in [1.82, 2.24) is 15.5 Å². The van der Waals surface area contributed by atoms with E-state index in [2.05, 4.69) is 10.6 Å². The molecule has 138 valence electrons. The van der Waals surface area contributed by atoms with Gasteiger partial charge in [0.15, 0.2) is 0 Å². The Morgan fingerprint density at radius 2 is 2.00 bits per heavy atom. The molecule has 1 heterocycles. The number of benzene rings is 1. The van der Waals surface area contributed by atoms with E-state index in [9.17, 15) is 19.1 Å². The van der Waals surface area contributed by atoms with Crippen molar-refractivity contribution in [1.29, 1.82) is 0 Å². The van der Waals surface area contributed by atoms with E-state index in [1.165, 1.54) is 12.1 Å². The van der Waals surface area contributed by atoms with Gasteiger partial charge >= 0.3 is 0 Å². The molecule has 2 amide bonds. The maximum absolute atomic E-state index is 12.9. The highest BCUT2D eigenvalue weighted by molar-refractivity contribution is 5.78. The molecule has 1 aliphatic rings. The van der Waals surface area contributed by atoms with Crippen LogP contribution in [0.25, 0.3) is 0 Å². The van der Waals surface area contributed by atoms with E-state index in [1.54, 1.807) is 19.2 Å². The Balaban J connectivity index is 1.77. The summed E-state index contributed by atoms with van der Waals surface area (Å²) in [4.78, 5) is 25.4. The molecule has 1 fully saturated rings. The number of amides is 2. The summed E-state index contributed by atoms with van der Waals surface area (Å²) in [5.74, 6) is -0.540. The summed E-state index contributed by atoms with van der Waals surface area (Å²) >= 11 is 0. The van der Waals surface area contributed by atoms with Crippen molar-refractivity contribution >= 4 is 11.8 Å². The number of rotatable bonds is 7. The van der Waals surface area contributed by atoms with Crippen molar-refractivity contribution in [3.05, 3.63) is 35.6 Å². The lowest BCUT2D eigenvalue weighted by atomic mass is 9.88. The Morgan fingerprint density at radius 1 is 1.28 bits per heavy atom. The molecular formula is C18H26FN3O3. The van der Waals surface area contributed by atoms with Gasteiger partial charge in [-0.3, -0.25) is 14.5 Å². The maximum atomic E-state index is 12.9. The molecule has 3 N–H and O–H groups in total. The number of aliphatic hydroxyl groups is 1. The van der Waals surface area contributed by atoms with Gasteiger partial charge in [0, 0.05) is 26.6 Å². The molecule has 1 atom stereocenters. The van der Waals surface area contributed by atoms with Crippen LogP contribution in [0.2, 0.25) is 0 Å². The number of hydrogen-bond acceptors (Lipinski definition) is 4. The normalized spacial score (nSPS) is 20.9. The summed E-state index contributed by atoms with van der Waals surface area (Å²) in [6.45, 7) is 1.66. The smallest absolute Gasteiger partial charge is 0.234 e. The third-order valence-corrected chi connectivity index (χ3v) is 4.50. The standard InChI is InChI=1S/C18H26FN3O3/c1-20-16(23)7-9-18(25)8-2-10-22(13-18)12-17(24)21-11-14-3-5-15(19)6-4-14/h3-6,25H,2,7-13H2,1H3,(H,20,23)(H,21,24)/t18-/m0/s1. The van der Waals surface area contributed by atoms with E-state index in [1.807, 2.05) is 4.90 Å². The van der Waals surface area contributed by atoms with Crippen molar-refractivity contribution < 1.29 is 19.1 Å². The number of nitrogens with one attached hydrogen (secondary N) is 2. The van der Waals surface area contributed by atoms with E-state index in [4.69, 9.17) is 0 Å². The Kier molecular flexibility index (Phi) is 6.90. The predicted molar refractivity (Wildman–Crippen MR) is 92.2 cm³/mol. The number of halogens is 1. The molecule has 1 aromatic carbocycles. The quantitative estimate of drug-likeness (QED) is 0.679. The van der Waals surface area contributed by atoms with Gasteiger partial charge in [0.2, 0.25) is 11.8 Å². The van der Waals surface area contributed by atoms with Gasteiger partial charge in [0.25, 0.3) is 0 Å². The highest BCUT2D eigenvalue weighted by atomic mass is 19.1. The molecule has 0 unspecified atom stereocenters. The molecule has 1 aliphatic heterocycles. The molecule has 7 heteroatoms. The molecule has 0 saturated carbocycles. The van der Waals surface area contributed by atoms with E-state index in [0.29, 0.717) is 25.9 Å². The summed E-state index contributed by atoms with van der Waals surface area (Å²) in [7, 11) is 1.57. The minimum absolute atomic E-state index is 0.0948. The Bertz CT molecular complexity index is 594. The second-order valence-electron chi connectivity index (χ2n) is 6.61. The maximum Gasteiger partial charge on any atom is 0.234 e. The number of likely N-dealkylation sites (tertiary alicyclic amines) is 1. The highest BCUT2D eigenvalue weighted by Crippen LogP contribution is 2.25. The van der Waals surface area contributed by atoms with E-state index in [-0.39, 0.29) is 30.6 Å². The molecule has 1 aromatic rings. The fourth-order valence-electron chi connectivity index (χ4n) is 3.08. The first-order valence-electron chi connectivity index (χ1n) is 8.57. The van der Waals surface area contributed by atoms with Crippen LogP contribution in [-0.2, 0) is 16.1 Å². The first kappa shape index (κ1) is 19.3. The number of carbonyl (C=O) groups is 2. The summed E-state index contributed by atoms with van der Waals surface area (Å²) in [5, 5.41) is 16.0. The van der Waals surface area contributed by atoms with Crippen LogP contribution >= 0.6 is 0 Å². The first-order chi connectivity index (χ1) is 11.9. The van der Waals surface area contributed by atoms with Crippen LogP contribution in [0.1, 0.15) is 31.2 Å². The van der Waals surface area contributed by atoms with Crippen LogP contribution in [0.5, 0.6) is 0 Å². The minimum atomic E-state index is -0.929. The van der Waals surface area contributed by atoms with Gasteiger partial charge in [-0.1, -0.05) is 12.1 Å². The van der Waals surface area contributed by atoms with Crippen LogP contribution in [-0.4, -0.2) is 54.1 Å². The van der Waals surface area contributed by atoms with Crippen molar-refractivity contribution in [2.24, 2.45) is 0 Å². The lowest BCUT2D eigenvalue weighted by Crippen LogP contribution is -2.51. The zero-order chi connectivity index (χ0) is 18.3. The summed E-state index contributed by atoms with van der Waals surface area (Å²) in [6.07, 6.45) is 2.09. The highest BCUT2D eigenvalue weighted by Gasteiger charge is 2.33. The van der Waals surface area contributed by atoms with Crippen LogP contribution < -0.4 is 10.6 Å². The fourth-order valence-corrected chi connectivity index (χ4v) is 3.08. The van der Waals surface area contributed by atoms with E-state index in [0.717, 1.165) is 18.5 Å². The third-order valence-electron chi connectivity index (χ3n) is 4.50. The lowest BCUT2D eigenvalue weighted by Gasteiger charge is -2.38. The average Bonchev–Trinajstić information content (AvgIpc) is 2.59. The average molecular weight is 351 g/mol. The molecule has 6 nitrogen and oxygen atoms in total. The molecule has 0 radical (unpaired) electrons. The van der Waals surface area contributed by atoms with Crippen LogP contribution in [0.4, 0.5) is 4.39 Å². The van der Waals surface area contributed by atoms with Crippen molar-refractivity contribution in [3.63, 3.8) is 0 Å². The van der Waals surface area contributed by atoms with Crippen LogP contribution in [0, 0.1) is 5.82 Å². The second-order valence-corrected chi connectivity index (χ2v) is 6.61. The number of hydrogen-bond donors (Lipinski definition) is 3. The molecule has 1 saturated heterocycles. The number of β-amino-alcohol motifs (C(OH)–C–C–N with tert-alkyl or cyclic N) is 1. The predicted octanol–water partition coefficient (Wildman–Crippen LogP) is 0.795. The molecule has 2 rings (SSSR count). The van der Waals surface area contributed by atoms with Gasteiger partial charge < -0.3 is 15.7 Å². The molecular weight excluding hydrogens is 325 g/mol.